The Labute approximate surface area is 154 Å². The number of nitrogens with zero attached hydrogens (tertiary/aromatic N) is 1. The molecule has 1 N–H and O–H groups in total. The Morgan fingerprint density at radius 1 is 1.28 bits per heavy atom. The number of para-hydroxylation sites is 1. The summed E-state index contributed by atoms with van der Waals surface area (Å²) in [5.74, 6) is 1.93. The summed E-state index contributed by atoms with van der Waals surface area (Å²) in [4.78, 5) is 26.9. The van der Waals surface area contributed by atoms with E-state index in [1.807, 2.05) is 29.4 Å². The fourth-order valence-electron chi connectivity index (χ4n) is 2.84. The first-order chi connectivity index (χ1) is 12.1. The van der Waals surface area contributed by atoms with Crippen LogP contribution in [0.4, 0.5) is 0 Å². The van der Waals surface area contributed by atoms with Crippen molar-refractivity contribution in [2.75, 3.05) is 31.7 Å². The van der Waals surface area contributed by atoms with E-state index in [0.29, 0.717) is 18.1 Å². The third-order valence-electron chi connectivity index (χ3n) is 4.45. The summed E-state index contributed by atoms with van der Waals surface area (Å²) in [5, 5.41) is 2.86. The molecule has 5 nitrogen and oxygen atoms in total. The van der Waals surface area contributed by atoms with Gasteiger partial charge in [-0.05, 0) is 49.3 Å². The molecule has 1 aromatic rings. The molecular formula is C19H28N2O3S. The third kappa shape index (κ3) is 6.61. The number of carbonyl (C=O) groups is 2. The van der Waals surface area contributed by atoms with E-state index in [1.165, 1.54) is 0 Å². The van der Waals surface area contributed by atoms with Crippen LogP contribution in [0.5, 0.6) is 5.75 Å². The van der Waals surface area contributed by atoms with Crippen LogP contribution in [-0.4, -0.2) is 54.5 Å². The maximum Gasteiger partial charge on any atom is 0.258 e. The van der Waals surface area contributed by atoms with Crippen LogP contribution >= 0.6 is 11.8 Å². The largest absolute Gasteiger partial charge is 0.484 e. The summed E-state index contributed by atoms with van der Waals surface area (Å²) in [7, 11) is 0. The average Bonchev–Trinajstić information content (AvgIpc) is 2.64. The monoisotopic (exact) mass is 364 g/mol. The van der Waals surface area contributed by atoms with Crippen molar-refractivity contribution in [3.05, 3.63) is 30.3 Å². The number of benzene rings is 1. The molecule has 1 fully saturated rings. The van der Waals surface area contributed by atoms with Crippen molar-refractivity contribution in [3.8, 4) is 5.75 Å². The van der Waals surface area contributed by atoms with Gasteiger partial charge in [0.25, 0.3) is 5.91 Å². The molecule has 0 aliphatic carbocycles. The van der Waals surface area contributed by atoms with Gasteiger partial charge in [0.2, 0.25) is 5.91 Å². The highest BCUT2D eigenvalue weighted by molar-refractivity contribution is 7.98. The fourth-order valence-corrected chi connectivity index (χ4v) is 3.32. The second-order valence-electron chi connectivity index (χ2n) is 6.51. The molecule has 1 atom stereocenters. The molecule has 2 amide bonds. The molecule has 0 bridgehead atoms. The van der Waals surface area contributed by atoms with Crippen LogP contribution in [-0.2, 0) is 9.59 Å². The van der Waals surface area contributed by atoms with Gasteiger partial charge in [0.15, 0.2) is 6.61 Å². The highest BCUT2D eigenvalue weighted by atomic mass is 32.2. The Hall–Kier alpha value is -1.69. The lowest BCUT2D eigenvalue weighted by Gasteiger charge is -2.33. The number of ether oxygens (including phenoxy) is 1. The van der Waals surface area contributed by atoms with E-state index < -0.39 is 6.04 Å². The molecule has 138 valence electrons. The normalized spacial score (nSPS) is 16.3. The molecule has 0 saturated carbocycles. The van der Waals surface area contributed by atoms with Crippen molar-refractivity contribution < 1.29 is 14.3 Å². The molecule has 25 heavy (non-hydrogen) atoms. The van der Waals surface area contributed by atoms with Gasteiger partial charge in [-0.2, -0.15) is 11.8 Å². The minimum atomic E-state index is -0.465. The van der Waals surface area contributed by atoms with E-state index in [4.69, 9.17) is 4.74 Å². The first-order valence-corrected chi connectivity index (χ1v) is 10.2. The summed E-state index contributed by atoms with van der Waals surface area (Å²) in [6.45, 7) is 3.71. The number of hydrogen-bond donors (Lipinski definition) is 1. The van der Waals surface area contributed by atoms with E-state index in [-0.39, 0.29) is 18.4 Å². The Morgan fingerprint density at radius 3 is 2.60 bits per heavy atom. The summed E-state index contributed by atoms with van der Waals surface area (Å²) in [6, 6.07) is 8.75. The van der Waals surface area contributed by atoms with Gasteiger partial charge < -0.3 is 15.0 Å². The lowest BCUT2D eigenvalue weighted by molar-refractivity contribution is -0.138. The van der Waals surface area contributed by atoms with Gasteiger partial charge in [-0.1, -0.05) is 25.1 Å². The van der Waals surface area contributed by atoms with Crippen LogP contribution in [0, 0.1) is 5.92 Å². The van der Waals surface area contributed by atoms with Gasteiger partial charge >= 0.3 is 0 Å². The summed E-state index contributed by atoms with van der Waals surface area (Å²) >= 11 is 1.68. The van der Waals surface area contributed by atoms with Crippen LogP contribution in [0.2, 0.25) is 0 Å². The summed E-state index contributed by atoms with van der Waals surface area (Å²) < 4.78 is 5.47. The number of piperidine rings is 1. The molecule has 6 heteroatoms. The van der Waals surface area contributed by atoms with Crippen LogP contribution in [0.15, 0.2) is 30.3 Å². The number of hydrogen-bond acceptors (Lipinski definition) is 4. The Kier molecular flexibility index (Phi) is 8.12. The summed E-state index contributed by atoms with van der Waals surface area (Å²) in [5.41, 5.74) is 0. The van der Waals surface area contributed by atoms with Crippen LogP contribution in [0.3, 0.4) is 0 Å². The Morgan fingerprint density at radius 2 is 1.96 bits per heavy atom. The standard InChI is InChI=1S/C19H28N2O3S/c1-15-8-11-21(12-9-15)19(23)17(10-13-25-2)20-18(22)14-24-16-6-4-3-5-7-16/h3-7,15,17H,8-14H2,1-2H3,(H,20,22)/t17-/m0/s1. The highest BCUT2D eigenvalue weighted by Crippen LogP contribution is 2.17. The van der Waals surface area contributed by atoms with E-state index in [9.17, 15) is 9.59 Å². The zero-order chi connectivity index (χ0) is 18.1. The lowest BCUT2D eigenvalue weighted by Crippen LogP contribution is -2.51. The van der Waals surface area contributed by atoms with E-state index >= 15 is 0 Å². The number of thioether (sulfide) groups is 1. The molecule has 1 aliphatic heterocycles. The second-order valence-corrected chi connectivity index (χ2v) is 7.50. The van der Waals surface area contributed by atoms with Crippen LogP contribution < -0.4 is 10.1 Å². The molecule has 2 rings (SSSR count). The third-order valence-corrected chi connectivity index (χ3v) is 5.10. The topological polar surface area (TPSA) is 58.6 Å². The van der Waals surface area contributed by atoms with Crippen molar-refractivity contribution in [3.63, 3.8) is 0 Å². The van der Waals surface area contributed by atoms with Gasteiger partial charge in [0, 0.05) is 13.1 Å². The van der Waals surface area contributed by atoms with Crippen LogP contribution in [0.25, 0.3) is 0 Å². The average molecular weight is 365 g/mol. The number of carbonyl (C=O) groups excluding carboxylic acids is 2. The predicted octanol–water partition coefficient (Wildman–Crippen LogP) is 2.56. The zero-order valence-electron chi connectivity index (χ0n) is 15.1. The van der Waals surface area contributed by atoms with E-state index in [0.717, 1.165) is 31.7 Å². The molecule has 0 unspecified atom stereocenters. The first kappa shape index (κ1) is 19.6. The molecule has 1 aromatic carbocycles. The molecule has 0 aromatic heterocycles. The predicted molar refractivity (Wildman–Crippen MR) is 102 cm³/mol. The van der Waals surface area contributed by atoms with Gasteiger partial charge in [0.1, 0.15) is 11.8 Å². The maximum absolute atomic E-state index is 12.8. The van der Waals surface area contributed by atoms with Crippen molar-refractivity contribution in [1.82, 2.24) is 10.2 Å². The highest BCUT2D eigenvalue weighted by Gasteiger charge is 2.28. The molecule has 0 radical (unpaired) electrons. The van der Waals surface area contributed by atoms with Crippen molar-refractivity contribution in [1.29, 1.82) is 0 Å². The molecular weight excluding hydrogens is 336 g/mol. The minimum absolute atomic E-state index is 0.0361. The number of rotatable bonds is 8. The van der Waals surface area contributed by atoms with Crippen molar-refractivity contribution in [2.24, 2.45) is 5.92 Å². The Balaban J connectivity index is 1.87. The number of nitrogens with one attached hydrogen (secondary N) is 1. The summed E-state index contributed by atoms with van der Waals surface area (Å²) in [6.07, 6.45) is 4.71. The van der Waals surface area contributed by atoms with Crippen LogP contribution in [0.1, 0.15) is 26.2 Å². The quantitative estimate of drug-likeness (QED) is 0.770. The van der Waals surface area contributed by atoms with Gasteiger partial charge in [0.05, 0.1) is 0 Å². The number of amides is 2. The lowest BCUT2D eigenvalue weighted by atomic mass is 9.98. The molecule has 1 aliphatic rings. The number of likely N-dealkylation sites (tertiary alicyclic amines) is 1. The molecule has 0 spiro atoms. The SMILES string of the molecule is CSCC[C@H](NC(=O)COc1ccccc1)C(=O)N1CCC(C)CC1. The fraction of sp³-hybridized carbons (Fsp3) is 0.579. The second kappa shape index (κ2) is 10.3. The first-order valence-electron chi connectivity index (χ1n) is 8.85. The van der Waals surface area contributed by atoms with Gasteiger partial charge in [-0.25, -0.2) is 0 Å². The minimum Gasteiger partial charge on any atom is -0.484 e. The van der Waals surface area contributed by atoms with Gasteiger partial charge in [-0.3, -0.25) is 9.59 Å². The zero-order valence-corrected chi connectivity index (χ0v) is 15.9. The molecule has 1 heterocycles. The van der Waals surface area contributed by atoms with Crippen molar-refractivity contribution in [2.45, 2.75) is 32.2 Å². The van der Waals surface area contributed by atoms with Gasteiger partial charge in [-0.15, -0.1) is 0 Å². The Bertz CT molecular complexity index is 545. The van der Waals surface area contributed by atoms with E-state index in [1.54, 1.807) is 23.9 Å². The smallest absolute Gasteiger partial charge is 0.258 e. The molecule has 1 saturated heterocycles. The van der Waals surface area contributed by atoms with E-state index in [2.05, 4.69) is 12.2 Å². The maximum atomic E-state index is 12.8. The van der Waals surface area contributed by atoms with Crippen molar-refractivity contribution >= 4 is 23.6 Å².